The minimum Gasteiger partial charge on any atom is -0.494 e. The molecule has 0 atom stereocenters. The van der Waals surface area contributed by atoms with E-state index in [4.69, 9.17) is 56.8 Å². The second-order valence-electron chi connectivity index (χ2n) is 35.2. The predicted molar refractivity (Wildman–Crippen MR) is 589 cm³/mol. The highest BCUT2D eigenvalue weighted by molar-refractivity contribution is 6.33. The molecule has 0 fully saturated rings. The molecule has 24 heteroatoms. The summed E-state index contributed by atoms with van der Waals surface area (Å²) >= 11 is 0. The van der Waals surface area contributed by atoms with E-state index >= 15 is 28.8 Å². The number of carbonyl (C=O) groups is 12. The number of hydrogen-bond acceptors (Lipinski definition) is 24. The van der Waals surface area contributed by atoms with Gasteiger partial charge in [0.25, 0.3) is 0 Å². The summed E-state index contributed by atoms with van der Waals surface area (Å²) in [5, 5.41) is 1.84. The Balaban J connectivity index is 1.12. The van der Waals surface area contributed by atoms with Crippen molar-refractivity contribution in [2.24, 2.45) is 0 Å². The molecule has 0 amide bonds. The molecule has 0 unspecified atom stereocenters. The molecule has 0 saturated heterocycles. The molecule has 10 aromatic carbocycles. The van der Waals surface area contributed by atoms with Crippen molar-refractivity contribution in [1.29, 1.82) is 0 Å². The lowest BCUT2D eigenvalue weighted by Gasteiger charge is -2.18. The minimum atomic E-state index is -0.605. The number of rotatable bonds is 72. The van der Waals surface area contributed by atoms with Crippen molar-refractivity contribution in [2.45, 2.75) is 154 Å². The standard InChI is InChI=1S/C126H132O24/c1-7-121(133)145-79-31-19-13-25-73-139-97-55-37-91(38-56-97)49-67-115(127)109-85-103-104(86-110(109)116(128)68-50-92-39-57-98(58-40-92)140-74-26-14-20-32-80-146-122(134)8-2)106-88-112(118(130)70-52-94-43-61-100(62-44-94)142-76-28-16-22-34-82-148-124(136)10-4)114(120(132)72-54-96-47-65-102(66-48-96)144-78-30-18-24-36-84-150-126(138)12-6)90-108(106)107-89-113(119(131)71-53-95-45-63-101(64-46-95)143-77-29-17-23-35-83-149-125(137)11-5)111(87-105(103)107)117(129)69-51-93-41-59-99(60-42-93)141-75-27-15-21-33-81-147-123(135)9-3/h7-12,37-72,85-90H,1-6,13-36,73-84H2/b67-49+,68-50+,69-51+,70-52+,71-53+,72-54+. The Hall–Kier alpha value is -16.5. The predicted octanol–water partition coefficient (Wildman–Crippen LogP) is 26.5. The Morgan fingerprint density at radius 3 is 0.407 bits per heavy atom. The maximum Gasteiger partial charge on any atom is 0.330 e. The molecule has 0 heterocycles. The van der Waals surface area contributed by atoms with Crippen LogP contribution in [0.3, 0.4) is 0 Å². The van der Waals surface area contributed by atoms with Gasteiger partial charge in [-0.05, 0) is 365 Å². The summed E-state index contributed by atoms with van der Waals surface area (Å²) < 4.78 is 67.3. The Bertz CT molecular complexity index is 5450. The number of unbranched alkanes of at least 4 members (excludes halogenated alkanes) is 18. The second-order valence-corrected chi connectivity index (χ2v) is 35.2. The van der Waals surface area contributed by atoms with Crippen molar-refractivity contribution in [3.05, 3.63) is 361 Å². The zero-order valence-corrected chi connectivity index (χ0v) is 85.2. The lowest BCUT2D eigenvalue weighted by Crippen LogP contribution is -2.09. The van der Waals surface area contributed by atoms with Crippen molar-refractivity contribution >= 4 is 139 Å². The van der Waals surface area contributed by atoms with E-state index in [0.717, 1.165) is 152 Å². The summed E-state index contributed by atoms with van der Waals surface area (Å²) in [6.07, 6.45) is 43.3. The fourth-order valence-corrected chi connectivity index (χ4v) is 15.9. The molecule has 10 rings (SSSR count). The van der Waals surface area contributed by atoms with Crippen LogP contribution in [0.4, 0.5) is 0 Å². The summed E-state index contributed by atoms with van der Waals surface area (Å²) in [6.45, 7) is 25.0. The van der Waals surface area contributed by atoms with E-state index in [1.807, 2.05) is 0 Å². The molecule has 0 spiro atoms. The van der Waals surface area contributed by atoms with Crippen LogP contribution in [0, 0.1) is 0 Å². The third-order valence-corrected chi connectivity index (χ3v) is 24.1. The summed E-state index contributed by atoms with van der Waals surface area (Å²) in [4.78, 5) is 164. The first kappa shape index (κ1) is 115. The molecular formula is C126H132O24. The van der Waals surface area contributed by atoms with Crippen LogP contribution in [-0.2, 0) is 57.2 Å². The summed E-state index contributed by atoms with van der Waals surface area (Å²) in [7, 11) is 0. The fraction of sp³-hybridized carbons (Fsp3) is 0.286. The molecule has 780 valence electrons. The van der Waals surface area contributed by atoms with E-state index in [-0.39, 0.29) is 33.4 Å². The van der Waals surface area contributed by atoms with Crippen molar-refractivity contribution in [3.8, 4) is 34.5 Å². The Kier molecular flexibility index (Phi) is 50.1. The first-order chi connectivity index (χ1) is 73.1. The molecule has 0 aliphatic heterocycles. The highest BCUT2D eigenvalue weighted by Gasteiger charge is 2.27. The average molecular weight is 2030 g/mol. The van der Waals surface area contributed by atoms with E-state index < -0.39 is 70.5 Å². The van der Waals surface area contributed by atoms with Crippen LogP contribution < -0.4 is 28.4 Å². The first-order valence-electron chi connectivity index (χ1n) is 51.2. The highest BCUT2D eigenvalue weighted by atomic mass is 16.6. The minimum absolute atomic E-state index is 0.0659. The van der Waals surface area contributed by atoms with Gasteiger partial charge in [-0.25, -0.2) is 28.8 Å². The number of fused-ring (bicyclic) bond motifs is 6. The van der Waals surface area contributed by atoms with Crippen LogP contribution in [0.5, 0.6) is 34.5 Å². The smallest absolute Gasteiger partial charge is 0.330 e. The molecule has 0 N–H and O–H groups in total. The zero-order chi connectivity index (χ0) is 107. The molecule has 0 aromatic heterocycles. The summed E-state index contributed by atoms with van der Waals surface area (Å²) in [5.41, 5.74) is 3.27. The van der Waals surface area contributed by atoms with Crippen LogP contribution >= 0.6 is 0 Å². The number of carbonyl (C=O) groups excluding carboxylic acids is 12. The molecule has 10 aromatic rings. The van der Waals surface area contributed by atoms with Gasteiger partial charge >= 0.3 is 35.8 Å². The maximum absolute atomic E-state index is 15.8. The van der Waals surface area contributed by atoms with Gasteiger partial charge in [0.1, 0.15) is 34.5 Å². The van der Waals surface area contributed by atoms with E-state index in [1.165, 1.54) is 36.5 Å². The summed E-state index contributed by atoms with van der Waals surface area (Å²) in [6, 6.07) is 52.4. The van der Waals surface area contributed by atoms with E-state index in [9.17, 15) is 28.8 Å². The molecular weight excluding hydrogens is 1900 g/mol. The van der Waals surface area contributed by atoms with Crippen LogP contribution in [0.1, 0.15) is 250 Å². The molecule has 0 saturated carbocycles. The summed E-state index contributed by atoms with van der Waals surface area (Å²) in [5.74, 6) is -2.92. The van der Waals surface area contributed by atoms with E-state index in [0.29, 0.717) is 218 Å². The van der Waals surface area contributed by atoms with Gasteiger partial charge < -0.3 is 56.8 Å². The molecule has 150 heavy (non-hydrogen) atoms. The van der Waals surface area contributed by atoms with Crippen LogP contribution in [0.2, 0.25) is 0 Å². The van der Waals surface area contributed by atoms with Gasteiger partial charge in [-0.2, -0.15) is 0 Å². The van der Waals surface area contributed by atoms with Gasteiger partial charge in [0.15, 0.2) is 34.7 Å². The Morgan fingerprint density at radius 2 is 0.287 bits per heavy atom. The Labute approximate surface area is 877 Å². The first-order valence-corrected chi connectivity index (χ1v) is 51.2. The van der Waals surface area contributed by atoms with Crippen LogP contribution in [-0.4, -0.2) is 150 Å². The molecule has 0 aliphatic carbocycles. The number of ketones is 6. The number of ether oxygens (including phenoxy) is 12. The van der Waals surface area contributed by atoms with Gasteiger partial charge in [-0.15, -0.1) is 0 Å². The highest BCUT2D eigenvalue weighted by Crippen LogP contribution is 2.42. The topological polar surface area (TPSA) is 316 Å². The number of esters is 6. The zero-order valence-electron chi connectivity index (χ0n) is 85.2. The van der Waals surface area contributed by atoms with E-state index in [1.54, 1.807) is 218 Å². The van der Waals surface area contributed by atoms with Crippen LogP contribution in [0.15, 0.2) is 294 Å². The third-order valence-electron chi connectivity index (χ3n) is 24.1. The van der Waals surface area contributed by atoms with Gasteiger partial charge in [-0.1, -0.05) is 149 Å². The number of benzene rings is 10. The molecule has 0 bridgehead atoms. The van der Waals surface area contributed by atoms with Gasteiger partial charge in [0.05, 0.1) is 79.3 Å². The molecule has 0 radical (unpaired) electrons. The van der Waals surface area contributed by atoms with E-state index in [2.05, 4.69) is 39.5 Å². The fourth-order valence-electron chi connectivity index (χ4n) is 15.9. The molecule has 24 nitrogen and oxygen atoms in total. The monoisotopic (exact) mass is 2030 g/mol. The average Bonchev–Trinajstić information content (AvgIpc) is 0.714. The van der Waals surface area contributed by atoms with Crippen molar-refractivity contribution in [3.63, 3.8) is 0 Å². The van der Waals surface area contributed by atoms with Crippen LogP contribution in [0.25, 0.3) is 68.8 Å². The van der Waals surface area contributed by atoms with Crippen molar-refractivity contribution in [2.75, 3.05) is 79.3 Å². The third kappa shape index (κ3) is 40.4. The second kappa shape index (κ2) is 65.2. The maximum atomic E-state index is 15.8. The SMILES string of the molecule is C=CC(=O)OCCCCCCOc1ccc(/C=C/C(=O)c2cc3c4cc(C(=O)/C=C/c5ccc(OCCCCCCOC(=O)C=C)cc5)c(C(=O)/C=C/c5ccc(OCCCCCCOC(=O)C=C)cc5)cc4c4cc(C(=O)/C=C/c5ccc(OCCCCCCOC(=O)C=C)cc5)c(C(=O)/C=C/c5ccc(OCCCCCCOC(=O)C=C)cc5)cc4c3cc2C(=O)/C=C/c2ccc(OCCCCCCOC(=O)C=C)cc2)cc1. The molecule has 0 aliphatic rings. The van der Waals surface area contributed by atoms with Crippen molar-refractivity contribution in [1.82, 2.24) is 0 Å². The van der Waals surface area contributed by atoms with Gasteiger partial charge in [-0.3, -0.25) is 28.8 Å². The normalized spacial score (nSPS) is 11.3. The number of hydrogen-bond donors (Lipinski definition) is 0. The van der Waals surface area contributed by atoms with Gasteiger partial charge in [0, 0.05) is 69.8 Å². The largest absolute Gasteiger partial charge is 0.494 e. The lowest BCUT2D eigenvalue weighted by atomic mass is 9.84. The van der Waals surface area contributed by atoms with Gasteiger partial charge in [0.2, 0.25) is 0 Å². The Morgan fingerprint density at radius 1 is 0.167 bits per heavy atom. The van der Waals surface area contributed by atoms with Crippen molar-refractivity contribution < 1.29 is 114 Å². The quantitative estimate of drug-likeness (QED) is 0.00853. The number of allylic oxidation sites excluding steroid dienone is 6. The lowest BCUT2D eigenvalue weighted by molar-refractivity contribution is -0.138.